The predicted octanol–water partition coefficient (Wildman–Crippen LogP) is 0.756. The summed E-state index contributed by atoms with van der Waals surface area (Å²) in [5.74, 6) is 0.173. The molecule has 1 fully saturated rings. The van der Waals surface area contributed by atoms with Gasteiger partial charge in [0.15, 0.2) is 5.69 Å². The van der Waals surface area contributed by atoms with E-state index < -0.39 is 10.8 Å². The molecule has 1 saturated carbocycles. The first-order chi connectivity index (χ1) is 9.00. The van der Waals surface area contributed by atoms with Crippen molar-refractivity contribution in [1.82, 2.24) is 15.5 Å². The minimum atomic E-state index is -0.866. The van der Waals surface area contributed by atoms with Gasteiger partial charge in [0.05, 0.1) is 11.4 Å². The third kappa shape index (κ3) is 3.34. The van der Waals surface area contributed by atoms with E-state index in [0.29, 0.717) is 24.6 Å². The molecule has 0 bridgehead atoms. The van der Waals surface area contributed by atoms with E-state index in [0.717, 1.165) is 18.5 Å². The standard InChI is InChI=1S/C12H20N4O2S/c1-7(19(2)18)5-6-14-12(17)11-9(13)10(15-16-11)8-3-4-8/h7-8H,3-6,13H2,1-2H3,(H,14,17)(H,15,16). The van der Waals surface area contributed by atoms with Crippen LogP contribution < -0.4 is 11.1 Å². The summed E-state index contributed by atoms with van der Waals surface area (Å²) in [7, 11) is -0.866. The van der Waals surface area contributed by atoms with Gasteiger partial charge in [-0.25, -0.2) is 0 Å². The van der Waals surface area contributed by atoms with E-state index in [4.69, 9.17) is 5.73 Å². The molecule has 0 saturated heterocycles. The smallest absolute Gasteiger partial charge is 0.273 e. The van der Waals surface area contributed by atoms with E-state index in [1.165, 1.54) is 0 Å². The number of hydrogen-bond donors (Lipinski definition) is 3. The van der Waals surface area contributed by atoms with Crippen molar-refractivity contribution < 1.29 is 9.00 Å². The van der Waals surface area contributed by atoms with Gasteiger partial charge >= 0.3 is 0 Å². The minimum Gasteiger partial charge on any atom is -0.395 e. The van der Waals surface area contributed by atoms with Crippen LogP contribution in [0.2, 0.25) is 0 Å². The number of aromatic amines is 1. The zero-order valence-corrected chi connectivity index (χ0v) is 12.0. The molecule has 1 amide bonds. The zero-order chi connectivity index (χ0) is 14.0. The number of rotatable bonds is 6. The van der Waals surface area contributed by atoms with Crippen LogP contribution in [0, 0.1) is 0 Å². The summed E-state index contributed by atoms with van der Waals surface area (Å²) in [6, 6.07) is 0. The van der Waals surface area contributed by atoms with Gasteiger partial charge in [-0.05, 0) is 19.3 Å². The van der Waals surface area contributed by atoms with Crippen molar-refractivity contribution >= 4 is 22.4 Å². The molecule has 19 heavy (non-hydrogen) atoms. The quantitative estimate of drug-likeness (QED) is 0.717. The molecule has 6 nitrogen and oxygen atoms in total. The van der Waals surface area contributed by atoms with Crippen LogP contribution >= 0.6 is 0 Å². The molecule has 1 aliphatic carbocycles. The third-order valence-electron chi connectivity index (χ3n) is 3.44. The first-order valence-electron chi connectivity index (χ1n) is 6.44. The van der Waals surface area contributed by atoms with Crippen molar-refractivity contribution in [2.45, 2.75) is 37.4 Å². The van der Waals surface area contributed by atoms with Gasteiger partial charge in [-0.3, -0.25) is 14.1 Å². The number of carbonyl (C=O) groups excluding carboxylic acids is 1. The maximum absolute atomic E-state index is 11.9. The highest BCUT2D eigenvalue weighted by atomic mass is 32.2. The number of amides is 1. The van der Waals surface area contributed by atoms with Gasteiger partial charge < -0.3 is 11.1 Å². The summed E-state index contributed by atoms with van der Waals surface area (Å²) >= 11 is 0. The van der Waals surface area contributed by atoms with Gasteiger partial charge in [0.25, 0.3) is 5.91 Å². The van der Waals surface area contributed by atoms with Crippen LogP contribution in [0.3, 0.4) is 0 Å². The van der Waals surface area contributed by atoms with Crippen molar-refractivity contribution in [2.24, 2.45) is 0 Å². The number of nitrogens with zero attached hydrogens (tertiary/aromatic N) is 1. The van der Waals surface area contributed by atoms with Gasteiger partial charge in [0.1, 0.15) is 0 Å². The average molecular weight is 284 g/mol. The molecule has 0 radical (unpaired) electrons. The molecular formula is C12H20N4O2S. The van der Waals surface area contributed by atoms with Crippen LogP contribution in [0.1, 0.15) is 48.3 Å². The maximum Gasteiger partial charge on any atom is 0.273 e. The van der Waals surface area contributed by atoms with Gasteiger partial charge in [0, 0.05) is 34.8 Å². The second-order valence-electron chi connectivity index (χ2n) is 5.03. The van der Waals surface area contributed by atoms with Crippen molar-refractivity contribution in [2.75, 3.05) is 18.5 Å². The van der Waals surface area contributed by atoms with E-state index in [9.17, 15) is 9.00 Å². The molecule has 1 aliphatic rings. The Morgan fingerprint density at radius 3 is 2.89 bits per heavy atom. The van der Waals surface area contributed by atoms with E-state index in [2.05, 4.69) is 15.5 Å². The summed E-state index contributed by atoms with van der Waals surface area (Å²) in [6.45, 7) is 2.38. The molecule has 1 heterocycles. The highest BCUT2D eigenvalue weighted by Gasteiger charge is 2.30. The molecule has 7 heteroatoms. The van der Waals surface area contributed by atoms with E-state index in [1.807, 2.05) is 6.92 Å². The van der Waals surface area contributed by atoms with Crippen LogP contribution in [0.25, 0.3) is 0 Å². The molecule has 2 unspecified atom stereocenters. The predicted molar refractivity (Wildman–Crippen MR) is 75.5 cm³/mol. The SMILES string of the molecule is CC(CCNC(=O)c1n[nH]c(C2CC2)c1N)S(C)=O. The summed E-state index contributed by atoms with van der Waals surface area (Å²) in [5, 5.41) is 9.67. The molecule has 0 spiro atoms. The maximum atomic E-state index is 11.9. The van der Waals surface area contributed by atoms with Crippen LogP contribution in [-0.2, 0) is 10.8 Å². The fourth-order valence-corrected chi connectivity index (χ4v) is 2.31. The summed E-state index contributed by atoms with van der Waals surface area (Å²) in [6.07, 6.45) is 4.55. The van der Waals surface area contributed by atoms with Gasteiger partial charge in [-0.15, -0.1) is 0 Å². The second-order valence-corrected chi connectivity index (χ2v) is 6.83. The zero-order valence-electron chi connectivity index (χ0n) is 11.2. The number of H-pyrrole nitrogens is 1. The highest BCUT2D eigenvalue weighted by molar-refractivity contribution is 7.84. The van der Waals surface area contributed by atoms with Crippen molar-refractivity contribution in [3.05, 3.63) is 11.4 Å². The second kappa shape index (κ2) is 5.73. The lowest BCUT2D eigenvalue weighted by molar-refractivity contribution is 0.0949. The average Bonchev–Trinajstić information content (AvgIpc) is 3.12. The third-order valence-corrected chi connectivity index (χ3v) is 4.81. The van der Waals surface area contributed by atoms with Gasteiger partial charge in [0.2, 0.25) is 0 Å². The Kier molecular flexibility index (Phi) is 4.24. The molecule has 0 aliphatic heterocycles. The molecule has 2 rings (SSSR count). The van der Waals surface area contributed by atoms with Crippen molar-refractivity contribution in [1.29, 1.82) is 0 Å². The summed E-state index contributed by atoms with van der Waals surface area (Å²) in [4.78, 5) is 11.9. The first kappa shape index (κ1) is 14.0. The molecule has 0 aromatic carbocycles. The van der Waals surface area contributed by atoms with Gasteiger partial charge in [-0.1, -0.05) is 6.92 Å². The Labute approximate surface area is 115 Å². The minimum absolute atomic E-state index is 0.0684. The lowest BCUT2D eigenvalue weighted by atomic mass is 10.2. The van der Waals surface area contributed by atoms with Gasteiger partial charge in [-0.2, -0.15) is 5.10 Å². The fraction of sp³-hybridized carbons (Fsp3) is 0.667. The lowest BCUT2D eigenvalue weighted by Gasteiger charge is -2.08. The van der Waals surface area contributed by atoms with E-state index >= 15 is 0 Å². The number of aromatic nitrogens is 2. The van der Waals surface area contributed by atoms with Crippen molar-refractivity contribution in [3.63, 3.8) is 0 Å². The number of hydrogen-bond acceptors (Lipinski definition) is 4. The Balaban J connectivity index is 1.88. The van der Waals surface area contributed by atoms with Crippen LogP contribution in [0.15, 0.2) is 0 Å². The summed E-state index contributed by atoms with van der Waals surface area (Å²) < 4.78 is 11.2. The van der Waals surface area contributed by atoms with Crippen LogP contribution in [-0.4, -0.2) is 38.4 Å². The Bertz CT molecular complexity index is 496. The molecule has 1 aromatic heterocycles. The monoisotopic (exact) mass is 284 g/mol. The number of nitrogens with one attached hydrogen (secondary N) is 2. The largest absolute Gasteiger partial charge is 0.395 e. The highest BCUT2D eigenvalue weighted by Crippen LogP contribution is 2.42. The summed E-state index contributed by atoms with van der Waals surface area (Å²) in [5.41, 5.74) is 7.54. The number of carbonyl (C=O) groups is 1. The van der Waals surface area contributed by atoms with E-state index in [-0.39, 0.29) is 16.9 Å². The fourth-order valence-electron chi connectivity index (χ4n) is 1.86. The van der Waals surface area contributed by atoms with Crippen molar-refractivity contribution in [3.8, 4) is 0 Å². The lowest BCUT2D eigenvalue weighted by Crippen LogP contribution is -2.28. The van der Waals surface area contributed by atoms with Crippen LogP contribution in [0.5, 0.6) is 0 Å². The first-order valence-corrected chi connectivity index (χ1v) is 8.07. The topological polar surface area (TPSA) is 101 Å². The number of anilines is 1. The Morgan fingerprint density at radius 2 is 2.32 bits per heavy atom. The Morgan fingerprint density at radius 1 is 1.63 bits per heavy atom. The molecular weight excluding hydrogens is 264 g/mol. The molecule has 2 atom stereocenters. The number of nitrogens with two attached hydrogens (primary N) is 1. The Hall–Kier alpha value is -1.37. The molecule has 1 aromatic rings. The number of nitrogen functional groups attached to an aromatic ring is 1. The normalized spacial score (nSPS) is 18.0. The van der Waals surface area contributed by atoms with Crippen LogP contribution in [0.4, 0.5) is 5.69 Å². The molecule has 4 N–H and O–H groups in total. The van der Waals surface area contributed by atoms with E-state index in [1.54, 1.807) is 6.26 Å². The molecule has 106 valence electrons.